The number of anilines is 1. The molecular weight excluding hydrogens is 306 g/mol. The van der Waals surface area contributed by atoms with Gasteiger partial charge in [-0.1, -0.05) is 15.9 Å². The molecule has 0 spiro atoms. The molecular formula is C15H20BrNO2. The van der Waals surface area contributed by atoms with Crippen LogP contribution in [-0.4, -0.2) is 24.2 Å². The van der Waals surface area contributed by atoms with Crippen molar-refractivity contribution in [1.82, 2.24) is 0 Å². The fourth-order valence-corrected chi connectivity index (χ4v) is 3.40. The lowest BCUT2D eigenvalue weighted by molar-refractivity contribution is -0.142. The minimum Gasteiger partial charge on any atom is -0.481 e. The third-order valence-electron chi connectivity index (χ3n) is 4.13. The second kappa shape index (κ2) is 5.95. The summed E-state index contributed by atoms with van der Waals surface area (Å²) in [6.07, 6.45) is 3.51. The zero-order valence-electron chi connectivity index (χ0n) is 11.4. The van der Waals surface area contributed by atoms with E-state index in [1.807, 2.05) is 0 Å². The number of carboxylic acids is 1. The van der Waals surface area contributed by atoms with Crippen LogP contribution in [0.25, 0.3) is 0 Å². The van der Waals surface area contributed by atoms with Gasteiger partial charge in [-0.3, -0.25) is 4.79 Å². The van der Waals surface area contributed by atoms with Crippen molar-refractivity contribution in [3.8, 4) is 0 Å². The van der Waals surface area contributed by atoms with E-state index in [0.29, 0.717) is 6.04 Å². The van der Waals surface area contributed by atoms with Crippen LogP contribution in [0.3, 0.4) is 0 Å². The highest BCUT2D eigenvalue weighted by atomic mass is 79.9. The number of carbonyl (C=O) groups is 1. The first-order valence-corrected chi connectivity index (χ1v) is 7.50. The summed E-state index contributed by atoms with van der Waals surface area (Å²) in [5.41, 5.74) is 2.49. The zero-order chi connectivity index (χ0) is 14.0. The highest BCUT2D eigenvalue weighted by Crippen LogP contribution is 2.32. The molecule has 19 heavy (non-hydrogen) atoms. The first-order chi connectivity index (χ1) is 8.99. The molecule has 0 unspecified atom stereocenters. The molecule has 1 aromatic carbocycles. The summed E-state index contributed by atoms with van der Waals surface area (Å²) in [4.78, 5) is 13.3. The summed E-state index contributed by atoms with van der Waals surface area (Å²) in [7, 11) is 2.11. The van der Waals surface area contributed by atoms with E-state index in [9.17, 15) is 4.79 Å². The Kier molecular flexibility index (Phi) is 4.50. The molecule has 1 aliphatic carbocycles. The number of halogens is 1. The van der Waals surface area contributed by atoms with Gasteiger partial charge in [-0.2, -0.15) is 0 Å². The summed E-state index contributed by atoms with van der Waals surface area (Å²) in [5.74, 6) is -0.781. The highest BCUT2D eigenvalue weighted by molar-refractivity contribution is 9.10. The van der Waals surface area contributed by atoms with E-state index in [0.717, 1.165) is 30.2 Å². The van der Waals surface area contributed by atoms with E-state index in [2.05, 4.69) is 53.0 Å². The zero-order valence-corrected chi connectivity index (χ0v) is 13.0. The predicted octanol–water partition coefficient (Wildman–Crippen LogP) is 3.84. The van der Waals surface area contributed by atoms with E-state index >= 15 is 0 Å². The molecule has 0 bridgehead atoms. The van der Waals surface area contributed by atoms with Crippen molar-refractivity contribution in [3.05, 3.63) is 28.2 Å². The van der Waals surface area contributed by atoms with Crippen LogP contribution in [0, 0.1) is 12.8 Å². The summed E-state index contributed by atoms with van der Waals surface area (Å²) in [6.45, 7) is 2.11. The molecule has 0 aromatic heterocycles. The smallest absolute Gasteiger partial charge is 0.306 e. The number of nitrogens with zero attached hydrogens (tertiary/aromatic N) is 1. The number of rotatable bonds is 3. The topological polar surface area (TPSA) is 40.5 Å². The van der Waals surface area contributed by atoms with Gasteiger partial charge in [0.15, 0.2) is 0 Å². The minimum atomic E-state index is -0.638. The Hall–Kier alpha value is -1.03. The molecule has 4 heteroatoms. The number of carboxylic acid groups (broad SMARTS) is 1. The third kappa shape index (κ3) is 3.30. The Bertz CT molecular complexity index is 467. The summed E-state index contributed by atoms with van der Waals surface area (Å²) >= 11 is 3.48. The van der Waals surface area contributed by atoms with Crippen LogP contribution in [-0.2, 0) is 4.79 Å². The van der Waals surface area contributed by atoms with Crippen molar-refractivity contribution in [1.29, 1.82) is 0 Å². The predicted molar refractivity (Wildman–Crippen MR) is 80.7 cm³/mol. The number of hydrogen-bond donors (Lipinski definition) is 1. The first kappa shape index (κ1) is 14.4. The Balaban J connectivity index is 2.05. The molecule has 1 saturated carbocycles. The molecule has 0 aliphatic heterocycles. The van der Waals surface area contributed by atoms with Gasteiger partial charge in [0.1, 0.15) is 0 Å². The number of benzene rings is 1. The summed E-state index contributed by atoms with van der Waals surface area (Å²) in [5, 5.41) is 9.04. The fourth-order valence-electron chi connectivity index (χ4n) is 2.92. The van der Waals surface area contributed by atoms with E-state index in [4.69, 9.17) is 5.11 Å². The van der Waals surface area contributed by atoms with Crippen molar-refractivity contribution in [2.24, 2.45) is 5.92 Å². The SMILES string of the molecule is Cc1cc(Br)ccc1N(C)C1CCC(C(=O)O)CC1. The van der Waals surface area contributed by atoms with Gasteiger partial charge in [-0.25, -0.2) is 0 Å². The molecule has 1 fully saturated rings. The summed E-state index contributed by atoms with van der Waals surface area (Å²) in [6, 6.07) is 6.76. The first-order valence-electron chi connectivity index (χ1n) is 6.71. The second-order valence-electron chi connectivity index (χ2n) is 5.39. The Morgan fingerprint density at radius 2 is 1.95 bits per heavy atom. The Labute approximate surface area is 122 Å². The molecule has 1 aliphatic rings. The van der Waals surface area contributed by atoms with Crippen LogP contribution in [0.15, 0.2) is 22.7 Å². The molecule has 2 rings (SSSR count). The van der Waals surface area contributed by atoms with Gasteiger partial charge in [0.2, 0.25) is 0 Å². The number of hydrogen-bond acceptors (Lipinski definition) is 2. The van der Waals surface area contributed by atoms with Crippen LogP contribution in [0.4, 0.5) is 5.69 Å². The lowest BCUT2D eigenvalue weighted by atomic mass is 9.85. The lowest BCUT2D eigenvalue weighted by Crippen LogP contribution is -2.36. The van der Waals surface area contributed by atoms with Crippen molar-refractivity contribution >= 4 is 27.6 Å². The van der Waals surface area contributed by atoms with Gasteiger partial charge in [-0.15, -0.1) is 0 Å². The number of aliphatic carboxylic acids is 1. The lowest BCUT2D eigenvalue weighted by Gasteiger charge is -2.35. The molecule has 1 aromatic rings. The Morgan fingerprint density at radius 3 is 2.47 bits per heavy atom. The maximum atomic E-state index is 11.0. The van der Waals surface area contributed by atoms with Gasteiger partial charge >= 0.3 is 5.97 Å². The maximum absolute atomic E-state index is 11.0. The molecule has 1 N–H and O–H groups in total. The average Bonchev–Trinajstić information content (AvgIpc) is 2.38. The molecule has 0 heterocycles. The average molecular weight is 326 g/mol. The van der Waals surface area contributed by atoms with Crippen LogP contribution >= 0.6 is 15.9 Å². The van der Waals surface area contributed by atoms with E-state index < -0.39 is 5.97 Å². The van der Waals surface area contributed by atoms with Gasteiger partial charge < -0.3 is 10.0 Å². The van der Waals surface area contributed by atoms with E-state index in [1.165, 1.54) is 11.3 Å². The van der Waals surface area contributed by atoms with Gasteiger partial charge in [0.25, 0.3) is 0 Å². The van der Waals surface area contributed by atoms with Crippen molar-refractivity contribution in [3.63, 3.8) is 0 Å². The van der Waals surface area contributed by atoms with E-state index in [-0.39, 0.29) is 5.92 Å². The minimum absolute atomic E-state index is 0.143. The number of aryl methyl sites for hydroxylation is 1. The largest absolute Gasteiger partial charge is 0.481 e. The summed E-state index contributed by atoms with van der Waals surface area (Å²) < 4.78 is 1.09. The van der Waals surface area contributed by atoms with E-state index in [1.54, 1.807) is 0 Å². The van der Waals surface area contributed by atoms with Gasteiger partial charge in [0, 0.05) is 23.2 Å². The quantitative estimate of drug-likeness (QED) is 0.917. The normalized spacial score (nSPS) is 23.1. The molecule has 3 nitrogen and oxygen atoms in total. The highest BCUT2D eigenvalue weighted by Gasteiger charge is 2.28. The third-order valence-corrected chi connectivity index (χ3v) is 4.63. The molecule has 104 valence electrons. The van der Waals surface area contributed by atoms with Crippen molar-refractivity contribution in [2.75, 3.05) is 11.9 Å². The van der Waals surface area contributed by atoms with Crippen molar-refractivity contribution in [2.45, 2.75) is 38.6 Å². The monoisotopic (exact) mass is 325 g/mol. The molecule has 0 radical (unpaired) electrons. The Morgan fingerprint density at radius 1 is 1.32 bits per heavy atom. The standard InChI is InChI=1S/C15H20BrNO2/c1-10-9-12(16)5-8-14(10)17(2)13-6-3-11(4-7-13)15(18)19/h5,8-9,11,13H,3-4,6-7H2,1-2H3,(H,18,19). The van der Waals surface area contributed by atoms with Gasteiger partial charge in [0.05, 0.1) is 5.92 Å². The maximum Gasteiger partial charge on any atom is 0.306 e. The van der Waals surface area contributed by atoms with Crippen LogP contribution in [0.2, 0.25) is 0 Å². The second-order valence-corrected chi connectivity index (χ2v) is 6.30. The molecule has 0 saturated heterocycles. The van der Waals surface area contributed by atoms with Crippen LogP contribution < -0.4 is 4.90 Å². The van der Waals surface area contributed by atoms with Gasteiger partial charge in [-0.05, 0) is 56.4 Å². The van der Waals surface area contributed by atoms with Crippen LogP contribution in [0.5, 0.6) is 0 Å². The van der Waals surface area contributed by atoms with Crippen LogP contribution in [0.1, 0.15) is 31.2 Å². The molecule has 0 atom stereocenters. The molecule has 0 amide bonds. The fraction of sp³-hybridized carbons (Fsp3) is 0.533. The van der Waals surface area contributed by atoms with Crippen molar-refractivity contribution < 1.29 is 9.90 Å².